The minimum atomic E-state index is -0.551. The molecule has 1 aliphatic heterocycles. The second-order valence-electron chi connectivity index (χ2n) is 7.84. The number of amides is 1. The van der Waals surface area contributed by atoms with E-state index in [9.17, 15) is 4.79 Å². The van der Waals surface area contributed by atoms with Crippen LogP contribution in [-0.2, 0) is 4.74 Å². The minimum absolute atomic E-state index is 0.0459. The molecule has 3 rings (SSSR count). The van der Waals surface area contributed by atoms with Crippen molar-refractivity contribution in [3.05, 3.63) is 36.4 Å². The van der Waals surface area contributed by atoms with E-state index in [1.54, 1.807) is 11.2 Å². The average Bonchev–Trinajstić information content (AvgIpc) is 2.61. The van der Waals surface area contributed by atoms with Gasteiger partial charge in [-0.2, -0.15) is 0 Å². The van der Waals surface area contributed by atoms with Crippen LogP contribution in [0.1, 0.15) is 39.3 Å². The van der Waals surface area contributed by atoms with E-state index in [-0.39, 0.29) is 12.2 Å². The van der Waals surface area contributed by atoms with Gasteiger partial charge in [-0.05, 0) is 0 Å². The molecule has 2 aromatic rings. The molecule has 1 fully saturated rings. The fraction of sp³-hybridized carbons (Fsp3) is 0.500. The van der Waals surface area contributed by atoms with E-state index >= 15 is 0 Å². The quantitative estimate of drug-likeness (QED) is 0.660. The van der Waals surface area contributed by atoms with Gasteiger partial charge >= 0.3 is 172 Å². The Morgan fingerprint density at radius 3 is 2.61 bits per heavy atom. The van der Waals surface area contributed by atoms with Crippen LogP contribution in [0.25, 0.3) is 0 Å². The first-order valence-corrected chi connectivity index (χ1v) is 11.5. The summed E-state index contributed by atoms with van der Waals surface area (Å²) in [5.41, 5.74) is 0.544. The second-order valence-corrected chi connectivity index (χ2v) is 10.6. The van der Waals surface area contributed by atoms with Crippen molar-refractivity contribution in [2.75, 3.05) is 13.1 Å². The molecule has 3 heterocycles. The van der Waals surface area contributed by atoms with E-state index in [1.807, 2.05) is 46.0 Å². The fourth-order valence-corrected chi connectivity index (χ4v) is 5.11. The number of likely N-dealkylation sites (tertiary alicyclic amines) is 1. The molecule has 7 nitrogen and oxygen atoms in total. The molecule has 0 radical (unpaired) electrons. The molecule has 0 bridgehead atoms. The van der Waals surface area contributed by atoms with Crippen molar-refractivity contribution < 1.29 is 14.3 Å². The summed E-state index contributed by atoms with van der Waals surface area (Å²) in [4.78, 5) is 26.8. The van der Waals surface area contributed by atoms with Gasteiger partial charge in [-0.1, -0.05) is 0 Å². The standard InChI is InChI=1S/C20H27AsN4O3/c1-14-11-15(5-8-22-14)21-17-12-18(24-13-23-17)27-16-6-9-25(10-7-16)19(26)28-20(2,3)4/h5,8,11-13,16,21H,6-7,9-10H2,1-4H3. The Labute approximate surface area is 172 Å². The number of pyridine rings is 1. The Morgan fingerprint density at radius 2 is 1.93 bits per heavy atom. The van der Waals surface area contributed by atoms with Crippen molar-refractivity contribution >= 4 is 30.7 Å². The molecule has 1 aliphatic rings. The molecule has 1 amide bonds. The second kappa shape index (κ2) is 8.91. The average molecular weight is 446 g/mol. The summed E-state index contributed by atoms with van der Waals surface area (Å²) in [6.07, 6.45) is 4.72. The van der Waals surface area contributed by atoms with Gasteiger partial charge in [0.25, 0.3) is 0 Å². The number of carbonyl (C=O) groups excluding carboxylic acids is 1. The van der Waals surface area contributed by atoms with Crippen molar-refractivity contribution in [3.8, 4) is 5.88 Å². The van der Waals surface area contributed by atoms with Crippen LogP contribution < -0.4 is 13.6 Å². The number of piperidine rings is 1. The predicted octanol–water partition coefficient (Wildman–Crippen LogP) is 1.35. The zero-order valence-electron chi connectivity index (χ0n) is 16.8. The molecular formula is C20H27AsN4O3. The van der Waals surface area contributed by atoms with E-state index in [0.717, 1.165) is 23.0 Å². The predicted molar refractivity (Wildman–Crippen MR) is 109 cm³/mol. The molecular weight excluding hydrogens is 419 g/mol. The van der Waals surface area contributed by atoms with Crippen LogP contribution in [-0.4, -0.2) is 66.5 Å². The zero-order valence-corrected chi connectivity index (χ0v) is 18.9. The Hall–Kier alpha value is -2.14. The molecule has 0 saturated carbocycles. The normalized spacial score (nSPS) is 15.8. The van der Waals surface area contributed by atoms with Crippen molar-refractivity contribution in [2.45, 2.75) is 52.2 Å². The fourth-order valence-electron chi connectivity index (χ4n) is 2.90. The maximum atomic E-state index is 12.2. The van der Waals surface area contributed by atoms with Crippen molar-refractivity contribution in [1.82, 2.24) is 19.9 Å². The summed E-state index contributed by atoms with van der Waals surface area (Å²) in [5.74, 6) is 0.607. The summed E-state index contributed by atoms with van der Waals surface area (Å²) in [6, 6.07) is 6.09. The van der Waals surface area contributed by atoms with Gasteiger partial charge in [0, 0.05) is 0 Å². The molecule has 1 unspecified atom stereocenters. The van der Waals surface area contributed by atoms with Gasteiger partial charge in [0.15, 0.2) is 0 Å². The van der Waals surface area contributed by atoms with Crippen LogP contribution >= 0.6 is 0 Å². The van der Waals surface area contributed by atoms with E-state index in [0.29, 0.717) is 19.0 Å². The summed E-state index contributed by atoms with van der Waals surface area (Å²) >= 11 is -0.551. The van der Waals surface area contributed by atoms with Crippen LogP contribution in [0.2, 0.25) is 0 Å². The molecule has 1 atom stereocenters. The van der Waals surface area contributed by atoms with Gasteiger partial charge in [0.2, 0.25) is 0 Å². The monoisotopic (exact) mass is 446 g/mol. The number of hydrogen-bond donors (Lipinski definition) is 0. The van der Waals surface area contributed by atoms with Crippen LogP contribution in [0.15, 0.2) is 30.7 Å². The molecule has 28 heavy (non-hydrogen) atoms. The van der Waals surface area contributed by atoms with Crippen LogP contribution in [0.5, 0.6) is 5.88 Å². The number of aromatic nitrogens is 3. The van der Waals surface area contributed by atoms with Crippen LogP contribution in [0.4, 0.5) is 4.79 Å². The Kier molecular flexibility index (Phi) is 6.55. The molecule has 0 N–H and O–H groups in total. The number of aryl methyl sites for hydroxylation is 1. The summed E-state index contributed by atoms with van der Waals surface area (Å²) in [5, 5.41) is 0. The third-order valence-electron chi connectivity index (χ3n) is 4.19. The molecule has 2 aromatic heterocycles. The summed E-state index contributed by atoms with van der Waals surface area (Å²) < 4.78 is 13.8. The van der Waals surface area contributed by atoms with E-state index < -0.39 is 21.4 Å². The number of carbonyl (C=O) groups is 1. The maximum absolute atomic E-state index is 12.2. The molecule has 1 saturated heterocycles. The molecule has 0 spiro atoms. The first-order chi connectivity index (χ1) is 13.3. The van der Waals surface area contributed by atoms with Gasteiger partial charge in [-0.3, -0.25) is 0 Å². The van der Waals surface area contributed by atoms with E-state index in [2.05, 4.69) is 21.0 Å². The van der Waals surface area contributed by atoms with E-state index in [4.69, 9.17) is 9.47 Å². The van der Waals surface area contributed by atoms with Crippen molar-refractivity contribution in [3.63, 3.8) is 0 Å². The number of ether oxygens (including phenoxy) is 2. The third-order valence-corrected chi connectivity index (χ3v) is 6.56. The summed E-state index contributed by atoms with van der Waals surface area (Å²) in [7, 11) is 0. The van der Waals surface area contributed by atoms with Crippen molar-refractivity contribution in [1.29, 1.82) is 0 Å². The van der Waals surface area contributed by atoms with Gasteiger partial charge in [-0.15, -0.1) is 0 Å². The van der Waals surface area contributed by atoms with Gasteiger partial charge in [0.1, 0.15) is 0 Å². The van der Waals surface area contributed by atoms with Crippen molar-refractivity contribution in [2.24, 2.45) is 0 Å². The van der Waals surface area contributed by atoms with E-state index in [1.165, 1.54) is 4.35 Å². The topological polar surface area (TPSA) is 77.4 Å². The van der Waals surface area contributed by atoms with Crippen LogP contribution in [0, 0.1) is 6.92 Å². The van der Waals surface area contributed by atoms with Gasteiger partial charge in [0.05, 0.1) is 0 Å². The summed E-state index contributed by atoms with van der Waals surface area (Å²) in [6.45, 7) is 8.88. The first-order valence-electron chi connectivity index (χ1n) is 9.45. The third kappa shape index (κ3) is 6.20. The van der Waals surface area contributed by atoms with Gasteiger partial charge in [-0.25, -0.2) is 0 Å². The molecule has 0 aromatic carbocycles. The molecule has 8 heteroatoms. The first kappa shape index (κ1) is 20.6. The van der Waals surface area contributed by atoms with Gasteiger partial charge < -0.3 is 0 Å². The zero-order chi connectivity index (χ0) is 20.1. The van der Waals surface area contributed by atoms with Crippen LogP contribution in [0.3, 0.4) is 0 Å². The Morgan fingerprint density at radius 1 is 1.18 bits per heavy atom. The Bertz CT molecular complexity index is 817. The number of nitrogens with zero attached hydrogens (tertiary/aromatic N) is 4. The molecule has 150 valence electrons. The number of hydrogen-bond acceptors (Lipinski definition) is 6. The Balaban J connectivity index is 1.53. The number of rotatable bonds is 4. The molecule has 0 aliphatic carbocycles. The SMILES string of the molecule is Cc1cc([AsH]c2cc(OC3CCN(C(=O)OC(C)(C)C)CC3)ncn2)ccn1.